The topological polar surface area (TPSA) is 44.5 Å². The lowest BCUT2D eigenvalue weighted by molar-refractivity contribution is 0.174. The zero-order chi connectivity index (χ0) is 14.2. The van der Waals surface area contributed by atoms with Gasteiger partial charge in [0, 0.05) is 11.1 Å². The average molecular weight is 297 g/mol. The first-order valence-electron chi connectivity index (χ1n) is 6.46. The number of fused-ring (bicyclic) bond motifs is 1. The summed E-state index contributed by atoms with van der Waals surface area (Å²) in [4.78, 5) is 4.38. The smallest absolute Gasteiger partial charge is 0.253 e. The molecule has 4 nitrogen and oxygen atoms in total. The summed E-state index contributed by atoms with van der Waals surface area (Å²) in [6.45, 7) is 0.249. The molecule has 21 heavy (non-hydrogen) atoms. The molecule has 0 N–H and O–H groups in total. The van der Waals surface area contributed by atoms with Crippen LogP contribution in [0.4, 0.5) is 0 Å². The number of rotatable bonds is 2. The predicted octanol–water partition coefficient (Wildman–Crippen LogP) is 4.03. The number of oxazole rings is 1. The standard InChI is InChI=1S/C16H11NO3S/c21-16-17-14(10-4-2-1-3-5-10)15(20-16)11-6-7-12-13(8-11)19-9-18-12/h1-8H,9H2,(H,17,21). The van der Waals surface area contributed by atoms with Crippen molar-refractivity contribution in [2.75, 3.05) is 6.79 Å². The quantitative estimate of drug-likeness (QED) is 0.725. The van der Waals surface area contributed by atoms with Crippen molar-refractivity contribution in [3.8, 4) is 34.1 Å². The van der Waals surface area contributed by atoms with E-state index in [-0.39, 0.29) is 6.79 Å². The highest BCUT2D eigenvalue weighted by molar-refractivity contribution is 7.80. The summed E-state index contributed by atoms with van der Waals surface area (Å²) in [5.41, 5.74) is 2.62. The highest BCUT2D eigenvalue weighted by Crippen LogP contribution is 2.39. The van der Waals surface area contributed by atoms with Gasteiger partial charge in [-0.2, -0.15) is 0 Å². The second-order valence-electron chi connectivity index (χ2n) is 4.61. The molecule has 1 aliphatic rings. The minimum atomic E-state index is 0.249. The van der Waals surface area contributed by atoms with Gasteiger partial charge in [0.05, 0.1) is 0 Å². The van der Waals surface area contributed by atoms with E-state index >= 15 is 0 Å². The van der Waals surface area contributed by atoms with Crippen LogP contribution in [0.15, 0.2) is 58.2 Å². The zero-order valence-electron chi connectivity index (χ0n) is 10.9. The maximum absolute atomic E-state index is 5.67. The summed E-state index contributed by atoms with van der Waals surface area (Å²) < 4.78 is 16.4. The van der Waals surface area contributed by atoms with E-state index in [4.69, 9.17) is 13.9 Å². The van der Waals surface area contributed by atoms with Gasteiger partial charge < -0.3 is 13.9 Å². The Hall–Kier alpha value is -2.40. The van der Waals surface area contributed by atoms with Crippen molar-refractivity contribution in [3.05, 3.63) is 48.5 Å². The van der Waals surface area contributed by atoms with Gasteiger partial charge in [-0.15, -0.1) is 0 Å². The zero-order valence-corrected chi connectivity index (χ0v) is 11.8. The molecule has 0 radical (unpaired) electrons. The summed E-state index contributed by atoms with van der Waals surface area (Å²) >= 11 is 4.22. The van der Waals surface area contributed by atoms with E-state index in [1.165, 1.54) is 0 Å². The van der Waals surface area contributed by atoms with Crippen molar-refractivity contribution < 1.29 is 13.9 Å². The van der Waals surface area contributed by atoms with E-state index in [9.17, 15) is 0 Å². The molecule has 0 unspecified atom stereocenters. The Labute approximate surface area is 126 Å². The van der Waals surface area contributed by atoms with Crippen LogP contribution in [-0.4, -0.2) is 11.8 Å². The Morgan fingerprint density at radius 1 is 0.905 bits per heavy atom. The molecule has 0 amide bonds. The molecule has 4 rings (SSSR count). The van der Waals surface area contributed by atoms with Gasteiger partial charge in [-0.05, 0) is 18.2 Å². The summed E-state index contributed by atoms with van der Waals surface area (Å²) in [5, 5.41) is 0.335. The van der Waals surface area contributed by atoms with E-state index in [0.29, 0.717) is 16.7 Å². The molecule has 0 fully saturated rings. The third-order valence-corrected chi connectivity index (χ3v) is 3.49. The minimum absolute atomic E-state index is 0.249. The molecule has 2 aromatic carbocycles. The fraction of sp³-hybridized carbons (Fsp3) is 0.0625. The van der Waals surface area contributed by atoms with Crippen LogP contribution in [0.1, 0.15) is 0 Å². The Morgan fingerprint density at radius 2 is 1.71 bits per heavy atom. The molecule has 0 saturated heterocycles. The first kappa shape index (κ1) is 12.3. The Morgan fingerprint density at radius 3 is 2.57 bits per heavy atom. The first-order chi connectivity index (χ1) is 10.3. The van der Waals surface area contributed by atoms with Crippen LogP contribution in [-0.2, 0) is 0 Å². The van der Waals surface area contributed by atoms with Crippen LogP contribution in [0.5, 0.6) is 11.5 Å². The number of hydrogen-bond acceptors (Lipinski definition) is 5. The van der Waals surface area contributed by atoms with E-state index in [1.807, 2.05) is 48.5 Å². The van der Waals surface area contributed by atoms with Gasteiger partial charge in [0.2, 0.25) is 6.79 Å². The van der Waals surface area contributed by atoms with Gasteiger partial charge in [-0.3, -0.25) is 0 Å². The van der Waals surface area contributed by atoms with Gasteiger partial charge in [0.25, 0.3) is 5.22 Å². The van der Waals surface area contributed by atoms with Crippen molar-refractivity contribution in [3.63, 3.8) is 0 Å². The molecule has 0 atom stereocenters. The molecular weight excluding hydrogens is 286 g/mol. The molecule has 1 aliphatic heterocycles. The normalized spacial score (nSPS) is 12.6. The number of aromatic nitrogens is 1. The highest BCUT2D eigenvalue weighted by Gasteiger charge is 2.19. The monoisotopic (exact) mass is 297 g/mol. The molecule has 104 valence electrons. The molecule has 2 heterocycles. The Balaban J connectivity index is 1.86. The van der Waals surface area contributed by atoms with Crippen molar-refractivity contribution in [1.82, 2.24) is 4.98 Å². The fourth-order valence-corrected chi connectivity index (χ4v) is 2.53. The predicted molar refractivity (Wildman–Crippen MR) is 80.8 cm³/mol. The van der Waals surface area contributed by atoms with Gasteiger partial charge in [-0.1, -0.05) is 43.0 Å². The molecule has 5 heteroatoms. The van der Waals surface area contributed by atoms with Crippen LogP contribution < -0.4 is 9.47 Å². The summed E-state index contributed by atoms with van der Waals surface area (Å²) in [6.07, 6.45) is 0. The molecule has 0 spiro atoms. The maximum Gasteiger partial charge on any atom is 0.253 e. The van der Waals surface area contributed by atoms with Crippen LogP contribution in [0.2, 0.25) is 0 Å². The Bertz CT molecular complexity index is 799. The molecule has 1 aromatic heterocycles. The van der Waals surface area contributed by atoms with E-state index in [2.05, 4.69) is 17.6 Å². The number of ether oxygens (including phenoxy) is 2. The maximum atomic E-state index is 5.67. The van der Waals surface area contributed by atoms with Crippen LogP contribution in [0.3, 0.4) is 0 Å². The van der Waals surface area contributed by atoms with Crippen molar-refractivity contribution >= 4 is 12.6 Å². The van der Waals surface area contributed by atoms with E-state index < -0.39 is 0 Å². The lowest BCUT2D eigenvalue weighted by Gasteiger charge is -2.03. The molecular formula is C16H11NO3S. The largest absolute Gasteiger partial charge is 0.454 e. The molecule has 3 aromatic rings. The van der Waals surface area contributed by atoms with Crippen molar-refractivity contribution in [2.45, 2.75) is 5.22 Å². The SMILES string of the molecule is Sc1nc(-c2ccccc2)c(-c2ccc3c(c2)OCO3)o1. The highest BCUT2D eigenvalue weighted by atomic mass is 32.1. The molecule has 0 saturated carbocycles. The van der Waals surface area contributed by atoms with Crippen molar-refractivity contribution in [1.29, 1.82) is 0 Å². The second kappa shape index (κ2) is 4.86. The molecule has 0 bridgehead atoms. The third kappa shape index (κ3) is 2.15. The van der Waals surface area contributed by atoms with Crippen molar-refractivity contribution in [2.24, 2.45) is 0 Å². The number of thiol groups is 1. The number of nitrogens with zero attached hydrogens (tertiary/aromatic N) is 1. The summed E-state index contributed by atoms with van der Waals surface area (Å²) in [7, 11) is 0. The number of hydrogen-bond donors (Lipinski definition) is 1. The van der Waals surface area contributed by atoms with Crippen LogP contribution >= 0.6 is 12.6 Å². The summed E-state index contributed by atoms with van der Waals surface area (Å²) in [5.74, 6) is 2.12. The second-order valence-corrected chi connectivity index (χ2v) is 4.99. The van der Waals surface area contributed by atoms with Gasteiger partial charge >= 0.3 is 0 Å². The van der Waals surface area contributed by atoms with Gasteiger partial charge in [0.1, 0.15) is 5.69 Å². The lowest BCUT2D eigenvalue weighted by atomic mass is 10.1. The van der Waals surface area contributed by atoms with Crippen LogP contribution in [0.25, 0.3) is 22.6 Å². The molecule has 0 aliphatic carbocycles. The average Bonchev–Trinajstić information content (AvgIpc) is 3.13. The Kier molecular flexibility index (Phi) is 2.86. The van der Waals surface area contributed by atoms with E-state index in [0.717, 1.165) is 22.6 Å². The minimum Gasteiger partial charge on any atom is -0.454 e. The van der Waals surface area contributed by atoms with Crippen LogP contribution in [0, 0.1) is 0 Å². The summed E-state index contributed by atoms with van der Waals surface area (Å²) in [6, 6.07) is 15.6. The first-order valence-corrected chi connectivity index (χ1v) is 6.91. The lowest BCUT2D eigenvalue weighted by Crippen LogP contribution is -1.92. The van der Waals surface area contributed by atoms with Gasteiger partial charge in [-0.25, -0.2) is 4.98 Å². The third-order valence-electron chi connectivity index (χ3n) is 3.30. The fourth-order valence-electron chi connectivity index (χ4n) is 2.33. The van der Waals surface area contributed by atoms with Gasteiger partial charge in [0.15, 0.2) is 17.3 Å². The van der Waals surface area contributed by atoms with E-state index in [1.54, 1.807) is 0 Å². The number of benzene rings is 2.